The average Bonchev–Trinajstić information content (AvgIpc) is 2.92. The highest BCUT2D eigenvalue weighted by Crippen LogP contribution is 2.30. The molecule has 2 rings (SSSR count). The Morgan fingerprint density at radius 2 is 2.10 bits per heavy atom. The Hall–Kier alpha value is -0.880. The standard InChI is InChI=1S/C15H27N3O2S/c1-5-8-16-14(6-2)15-11(3)17-18(12(15)4)13-7-9-21(19,20)10-13/h13-14,16H,5-10H2,1-4H3. The van der Waals surface area contributed by atoms with Crippen molar-refractivity contribution in [1.82, 2.24) is 15.1 Å². The van der Waals surface area contributed by atoms with Gasteiger partial charge in [0, 0.05) is 17.3 Å². The zero-order chi connectivity index (χ0) is 15.6. The quantitative estimate of drug-likeness (QED) is 0.875. The topological polar surface area (TPSA) is 64.0 Å². The number of hydrogen-bond acceptors (Lipinski definition) is 4. The van der Waals surface area contributed by atoms with E-state index in [0.29, 0.717) is 12.5 Å². The molecule has 21 heavy (non-hydrogen) atoms. The first kappa shape index (κ1) is 16.5. The maximum atomic E-state index is 11.7. The molecule has 2 atom stereocenters. The number of nitrogens with one attached hydrogen (secondary N) is 1. The average molecular weight is 313 g/mol. The van der Waals surface area contributed by atoms with E-state index in [1.165, 1.54) is 5.56 Å². The van der Waals surface area contributed by atoms with Gasteiger partial charge in [-0.3, -0.25) is 4.68 Å². The Bertz CT molecular complexity index is 592. The van der Waals surface area contributed by atoms with Gasteiger partial charge < -0.3 is 5.32 Å². The van der Waals surface area contributed by atoms with Gasteiger partial charge in [0.2, 0.25) is 0 Å². The van der Waals surface area contributed by atoms with Gasteiger partial charge in [-0.2, -0.15) is 5.10 Å². The van der Waals surface area contributed by atoms with E-state index >= 15 is 0 Å². The van der Waals surface area contributed by atoms with Crippen LogP contribution in [0.25, 0.3) is 0 Å². The summed E-state index contributed by atoms with van der Waals surface area (Å²) in [5.41, 5.74) is 3.38. The fraction of sp³-hybridized carbons (Fsp3) is 0.800. The second-order valence-electron chi connectivity index (χ2n) is 6.00. The lowest BCUT2D eigenvalue weighted by atomic mass is 10.0. The largest absolute Gasteiger partial charge is 0.310 e. The van der Waals surface area contributed by atoms with Crippen LogP contribution in [0, 0.1) is 13.8 Å². The lowest BCUT2D eigenvalue weighted by molar-refractivity contribution is 0.480. The Balaban J connectivity index is 2.29. The first-order chi connectivity index (χ1) is 9.89. The van der Waals surface area contributed by atoms with Crippen molar-refractivity contribution in [2.24, 2.45) is 0 Å². The van der Waals surface area contributed by atoms with Crippen molar-refractivity contribution in [3.63, 3.8) is 0 Å². The van der Waals surface area contributed by atoms with Gasteiger partial charge in [-0.1, -0.05) is 13.8 Å². The summed E-state index contributed by atoms with van der Waals surface area (Å²) in [6.07, 6.45) is 2.79. The fourth-order valence-corrected chi connectivity index (χ4v) is 4.96. The molecule has 0 aliphatic carbocycles. The van der Waals surface area contributed by atoms with Gasteiger partial charge in [0.25, 0.3) is 0 Å². The van der Waals surface area contributed by atoms with Gasteiger partial charge >= 0.3 is 0 Å². The lowest BCUT2D eigenvalue weighted by Gasteiger charge is -2.18. The lowest BCUT2D eigenvalue weighted by Crippen LogP contribution is -2.23. The minimum Gasteiger partial charge on any atom is -0.310 e. The van der Waals surface area contributed by atoms with Crippen molar-refractivity contribution in [1.29, 1.82) is 0 Å². The van der Waals surface area contributed by atoms with Crippen LogP contribution in [0.5, 0.6) is 0 Å². The molecule has 5 nitrogen and oxygen atoms in total. The van der Waals surface area contributed by atoms with E-state index in [0.717, 1.165) is 30.8 Å². The molecule has 1 aliphatic heterocycles. The maximum Gasteiger partial charge on any atom is 0.152 e. The zero-order valence-electron chi connectivity index (χ0n) is 13.5. The summed E-state index contributed by atoms with van der Waals surface area (Å²) in [4.78, 5) is 0. The van der Waals surface area contributed by atoms with Crippen molar-refractivity contribution in [2.75, 3.05) is 18.1 Å². The number of aromatic nitrogens is 2. The molecule has 1 saturated heterocycles. The molecule has 0 spiro atoms. The van der Waals surface area contributed by atoms with E-state index in [1.54, 1.807) is 0 Å². The summed E-state index contributed by atoms with van der Waals surface area (Å²) in [6.45, 7) is 9.41. The van der Waals surface area contributed by atoms with Gasteiger partial charge in [-0.15, -0.1) is 0 Å². The van der Waals surface area contributed by atoms with Crippen molar-refractivity contribution >= 4 is 9.84 Å². The van der Waals surface area contributed by atoms with Crippen LogP contribution in [0.4, 0.5) is 0 Å². The Kier molecular flexibility index (Phi) is 5.09. The summed E-state index contributed by atoms with van der Waals surface area (Å²) >= 11 is 0. The van der Waals surface area contributed by atoms with E-state index in [9.17, 15) is 8.42 Å². The molecule has 1 aromatic rings. The summed E-state index contributed by atoms with van der Waals surface area (Å²) in [5, 5.41) is 8.21. The first-order valence-corrected chi connectivity index (χ1v) is 9.71. The maximum absolute atomic E-state index is 11.7. The van der Waals surface area contributed by atoms with Crippen molar-refractivity contribution in [3.05, 3.63) is 17.0 Å². The molecule has 2 unspecified atom stereocenters. The highest BCUT2D eigenvalue weighted by molar-refractivity contribution is 7.91. The number of aryl methyl sites for hydroxylation is 1. The number of hydrogen-bond donors (Lipinski definition) is 1. The number of sulfone groups is 1. The molecule has 1 N–H and O–H groups in total. The van der Waals surface area contributed by atoms with Crippen LogP contribution in [-0.2, 0) is 9.84 Å². The van der Waals surface area contributed by atoms with Crippen LogP contribution >= 0.6 is 0 Å². The second kappa shape index (κ2) is 6.48. The molecule has 120 valence electrons. The van der Waals surface area contributed by atoms with Crippen LogP contribution in [0.3, 0.4) is 0 Å². The van der Waals surface area contributed by atoms with Gasteiger partial charge in [0.15, 0.2) is 9.84 Å². The van der Waals surface area contributed by atoms with Crippen LogP contribution in [-0.4, -0.2) is 36.2 Å². The van der Waals surface area contributed by atoms with E-state index in [-0.39, 0.29) is 17.5 Å². The van der Waals surface area contributed by atoms with Crippen LogP contribution in [0.1, 0.15) is 62.1 Å². The molecule has 0 amide bonds. The van der Waals surface area contributed by atoms with Crippen molar-refractivity contribution in [2.45, 2.75) is 59.0 Å². The van der Waals surface area contributed by atoms with E-state index < -0.39 is 9.84 Å². The minimum absolute atomic E-state index is 0.00568. The summed E-state index contributed by atoms with van der Waals surface area (Å²) in [5.74, 6) is 0.518. The monoisotopic (exact) mass is 313 g/mol. The highest BCUT2D eigenvalue weighted by atomic mass is 32.2. The molecule has 0 saturated carbocycles. The Morgan fingerprint density at radius 1 is 1.38 bits per heavy atom. The normalized spacial score (nSPS) is 22.6. The Morgan fingerprint density at radius 3 is 2.62 bits per heavy atom. The molecule has 0 radical (unpaired) electrons. The summed E-state index contributed by atoms with van der Waals surface area (Å²) < 4.78 is 25.3. The minimum atomic E-state index is -2.88. The van der Waals surface area contributed by atoms with Gasteiger partial charge in [-0.25, -0.2) is 8.42 Å². The first-order valence-electron chi connectivity index (χ1n) is 7.89. The van der Waals surface area contributed by atoms with Gasteiger partial charge in [-0.05, 0) is 39.7 Å². The summed E-state index contributed by atoms with van der Waals surface area (Å²) in [7, 11) is -2.88. The number of nitrogens with zero attached hydrogens (tertiary/aromatic N) is 2. The van der Waals surface area contributed by atoms with E-state index in [2.05, 4.69) is 31.2 Å². The highest BCUT2D eigenvalue weighted by Gasteiger charge is 2.32. The van der Waals surface area contributed by atoms with Gasteiger partial charge in [0.1, 0.15) is 0 Å². The van der Waals surface area contributed by atoms with Crippen LogP contribution in [0.2, 0.25) is 0 Å². The summed E-state index contributed by atoms with van der Waals surface area (Å²) in [6, 6.07) is 0.308. The van der Waals surface area contributed by atoms with Gasteiger partial charge in [0.05, 0.1) is 23.2 Å². The zero-order valence-corrected chi connectivity index (χ0v) is 14.3. The smallest absolute Gasteiger partial charge is 0.152 e. The predicted octanol–water partition coefficient (Wildman–Crippen LogP) is 2.31. The van der Waals surface area contributed by atoms with Crippen LogP contribution < -0.4 is 5.32 Å². The third-order valence-electron chi connectivity index (χ3n) is 4.33. The molecule has 0 aromatic carbocycles. The second-order valence-corrected chi connectivity index (χ2v) is 8.23. The molecule has 1 aromatic heterocycles. The predicted molar refractivity (Wildman–Crippen MR) is 85.3 cm³/mol. The van der Waals surface area contributed by atoms with Crippen molar-refractivity contribution < 1.29 is 8.42 Å². The molecule has 0 bridgehead atoms. The van der Waals surface area contributed by atoms with Crippen molar-refractivity contribution in [3.8, 4) is 0 Å². The van der Waals surface area contributed by atoms with Crippen LogP contribution in [0.15, 0.2) is 0 Å². The van der Waals surface area contributed by atoms with E-state index in [4.69, 9.17) is 0 Å². The molecule has 1 fully saturated rings. The third-order valence-corrected chi connectivity index (χ3v) is 6.08. The number of rotatable bonds is 6. The van der Waals surface area contributed by atoms with E-state index in [1.807, 2.05) is 11.6 Å². The molecular formula is C15H27N3O2S. The molecule has 2 heterocycles. The molecule has 1 aliphatic rings. The molecule has 6 heteroatoms. The molecular weight excluding hydrogens is 286 g/mol. The SMILES string of the molecule is CCCNC(CC)c1c(C)nn(C2CCS(=O)(=O)C2)c1C. The fourth-order valence-electron chi connectivity index (χ4n) is 3.27. The third kappa shape index (κ3) is 3.48. The Labute approximate surface area is 128 Å².